The van der Waals surface area contributed by atoms with Gasteiger partial charge in [0.25, 0.3) is 5.22 Å². The fourth-order valence-corrected chi connectivity index (χ4v) is 2.70. The van der Waals surface area contributed by atoms with E-state index in [0.29, 0.717) is 5.25 Å². The highest BCUT2D eigenvalue weighted by Gasteiger charge is 2.15. The van der Waals surface area contributed by atoms with Crippen molar-refractivity contribution in [3.63, 3.8) is 0 Å². The molecule has 4 heteroatoms. The normalized spacial score (nSPS) is 19.5. The molecule has 1 aliphatic carbocycles. The van der Waals surface area contributed by atoms with E-state index in [1.165, 1.54) is 25.7 Å². The maximum absolute atomic E-state index is 5.20. The largest absolute Gasteiger partial charge is 0.440 e. The zero-order chi connectivity index (χ0) is 10.5. The molecule has 1 aliphatic rings. The predicted molar refractivity (Wildman–Crippen MR) is 62.1 cm³/mol. The van der Waals surface area contributed by atoms with E-state index in [2.05, 4.69) is 17.2 Å². The van der Waals surface area contributed by atoms with Crippen LogP contribution >= 0.6 is 11.8 Å². The van der Waals surface area contributed by atoms with E-state index in [0.717, 1.165) is 17.8 Å². The summed E-state index contributed by atoms with van der Waals surface area (Å²) in [7, 11) is 0. The molecule has 0 bridgehead atoms. The van der Waals surface area contributed by atoms with Gasteiger partial charge >= 0.3 is 0 Å². The van der Waals surface area contributed by atoms with Gasteiger partial charge in [-0.05, 0) is 12.8 Å². The number of nitrogens with zero attached hydrogens (tertiary/aromatic N) is 1. The number of aromatic nitrogens is 1. The topological polar surface area (TPSA) is 38.1 Å². The van der Waals surface area contributed by atoms with Gasteiger partial charge in [0.05, 0.1) is 6.20 Å². The summed E-state index contributed by atoms with van der Waals surface area (Å²) in [5.41, 5.74) is 0. The zero-order valence-electron chi connectivity index (χ0n) is 9.11. The van der Waals surface area contributed by atoms with Crippen molar-refractivity contribution < 1.29 is 4.42 Å². The predicted octanol–water partition coefficient (Wildman–Crippen LogP) is 2.69. The minimum Gasteiger partial charge on any atom is -0.440 e. The molecule has 1 atom stereocenters. The second-order valence-corrected chi connectivity index (χ2v) is 5.51. The Morgan fingerprint density at radius 2 is 2.40 bits per heavy atom. The molecule has 0 aromatic carbocycles. The standard InChI is InChI=1S/C11H18N2OS/c1-9(15-11-12-6-7-14-11)8-13-10-4-2-3-5-10/h6-7,9-10,13H,2-5,8H2,1H3. The van der Waals surface area contributed by atoms with Crippen LogP contribution < -0.4 is 5.32 Å². The number of rotatable bonds is 5. The van der Waals surface area contributed by atoms with Gasteiger partial charge in [0, 0.05) is 17.8 Å². The maximum Gasteiger partial charge on any atom is 0.255 e. The zero-order valence-corrected chi connectivity index (χ0v) is 9.93. The summed E-state index contributed by atoms with van der Waals surface area (Å²) in [5.74, 6) is 0. The number of hydrogen-bond donors (Lipinski definition) is 1. The highest BCUT2D eigenvalue weighted by Crippen LogP contribution is 2.22. The van der Waals surface area contributed by atoms with Gasteiger partial charge in [-0.1, -0.05) is 31.5 Å². The minimum atomic E-state index is 0.518. The summed E-state index contributed by atoms with van der Waals surface area (Å²) in [6, 6.07) is 0.748. The Labute approximate surface area is 95.0 Å². The molecule has 0 aliphatic heterocycles. The fourth-order valence-electron chi connectivity index (χ4n) is 1.94. The Hall–Kier alpha value is -0.480. The molecule has 1 N–H and O–H groups in total. The van der Waals surface area contributed by atoms with E-state index in [-0.39, 0.29) is 0 Å². The van der Waals surface area contributed by atoms with Crippen LogP contribution in [0, 0.1) is 0 Å². The summed E-state index contributed by atoms with van der Waals surface area (Å²) in [4.78, 5) is 4.10. The molecule has 15 heavy (non-hydrogen) atoms. The van der Waals surface area contributed by atoms with Crippen LogP contribution in [0.3, 0.4) is 0 Å². The van der Waals surface area contributed by atoms with Crippen LogP contribution in [0.4, 0.5) is 0 Å². The lowest BCUT2D eigenvalue weighted by atomic mass is 10.2. The van der Waals surface area contributed by atoms with Gasteiger partial charge < -0.3 is 9.73 Å². The first-order chi connectivity index (χ1) is 7.34. The van der Waals surface area contributed by atoms with Crippen molar-refractivity contribution in [3.8, 4) is 0 Å². The first kappa shape index (κ1) is 11.0. The minimum absolute atomic E-state index is 0.518. The Morgan fingerprint density at radius 3 is 3.07 bits per heavy atom. The van der Waals surface area contributed by atoms with Crippen molar-refractivity contribution in [1.82, 2.24) is 10.3 Å². The molecule has 1 heterocycles. The summed E-state index contributed by atoms with van der Waals surface area (Å²) in [5, 5.41) is 4.90. The molecule has 1 saturated carbocycles. The van der Waals surface area contributed by atoms with Crippen molar-refractivity contribution in [3.05, 3.63) is 12.5 Å². The van der Waals surface area contributed by atoms with E-state index in [1.54, 1.807) is 24.2 Å². The molecule has 1 aromatic rings. The van der Waals surface area contributed by atoms with Crippen LogP contribution in [-0.4, -0.2) is 22.8 Å². The quantitative estimate of drug-likeness (QED) is 0.783. The van der Waals surface area contributed by atoms with Gasteiger partial charge in [-0.3, -0.25) is 0 Å². The van der Waals surface area contributed by atoms with Crippen LogP contribution in [0.25, 0.3) is 0 Å². The van der Waals surface area contributed by atoms with Crippen LogP contribution in [0.2, 0.25) is 0 Å². The Balaban J connectivity index is 1.66. The van der Waals surface area contributed by atoms with Gasteiger partial charge in [0.1, 0.15) is 6.26 Å². The molecule has 0 radical (unpaired) electrons. The summed E-state index contributed by atoms with van der Waals surface area (Å²) in [6.07, 6.45) is 8.78. The van der Waals surface area contributed by atoms with Crippen molar-refractivity contribution >= 4 is 11.8 Å². The van der Waals surface area contributed by atoms with Crippen molar-refractivity contribution in [2.24, 2.45) is 0 Å². The number of hydrogen-bond acceptors (Lipinski definition) is 4. The third kappa shape index (κ3) is 3.54. The lowest BCUT2D eigenvalue weighted by Gasteiger charge is -2.15. The average Bonchev–Trinajstić information content (AvgIpc) is 2.86. The number of nitrogens with one attached hydrogen (secondary N) is 1. The molecule has 0 spiro atoms. The van der Waals surface area contributed by atoms with Crippen molar-refractivity contribution in [2.75, 3.05) is 6.54 Å². The van der Waals surface area contributed by atoms with E-state index in [9.17, 15) is 0 Å². The average molecular weight is 226 g/mol. The monoisotopic (exact) mass is 226 g/mol. The van der Waals surface area contributed by atoms with E-state index < -0.39 is 0 Å². The Bertz CT molecular complexity index is 270. The molecule has 0 amide bonds. The van der Waals surface area contributed by atoms with Gasteiger partial charge in [-0.2, -0.15) is 0 Å². The number of oxazole rings is 1. The van der Waals surface area contributed by atoms with Gasteiger partial charge in [-0.15, -0.1) is 0 Å². The molecule has 1 fully saturated rings. The highest BCUT2D eigenvalue weighted by atomic mass is 32.2. The van der Waals surface area contributed by atoms with Gasteiger partial charge in [0.2, 0.25) is 0 Å². The third-order valence-corrected chi connectivity index (χ3v) is 3.73. The summed E-state index contributed by atoms with van der Waals surface area (Å²) >= 11 is 1.69. The first-order valence-electron chi connectivity index (χ1n) is 5.64. The lowest BCUT2D eigenvalue weighted by Crippen LogP contribution is -2.31. The molecule has 84 valence electrons. The third-order valence-electron chi connectivity index (χ3n) is 2.76. The molecule has 3 nitrogen and oxygen atoms in total. The van der Waals surface area contributed by atoms with Crippen LogP contribution in [0.1, 0.15) is 32.6 Å². The summed E-state index contributed by atoms with van der Waals surface area (Å²) in [6.45, 7) is 3.24. The Kier molecular flexibility index (Phi) is 4.09. The molecule has 1 aromatic heterocycles. The first-order valence-corrected chi connectivity index (χ1v) is 6.52. The summed E-state index contributed by atoms with van der Waals surface area (Å²) < 4.78 is 5.20. The maximum atomic E-state index is 5.20. The molecular weight excluding hydrogens is 208 g/mol. The van der Waals surface area contributed by atoms with Crippen LogP contribution in [0.15, 0.2) is 22.1 Å². The van der Waals surface area contributed by atoms with E-state index >= 15 is 0 Å². The van der Waals surface area contributed by atoms with E-state index in [1.807, 2.05) is 0 Å². The van der Waals surface area contributed by atoms with Crippen LogP contribution in [-0.2, 0) is 0 Å². The van der Waals surface area contributed by atoms with Crippen molar-refractivity contribution in [1.29, 1.82) is 0 Å². The molecule has 0 saturated heterocycles. The van der Waals surface area contributed by atoms with Gasteiger partial charge in [-0.25, -0.2) is 4.98 Å². The van der Waals surface area contributed by atoms with E-state index in [4.69, 9.17) is 4.42 Å². The number of thioether (sulfide) groups is 1. The van der Waals surface area contributed by atoms with Crippen LogP contribution in [0.5, 0.6) is 0 Å². The molecular formula is C11H18N2OS. The molecule has 2 rings (SSSR count). The highest BCUT2D eigenvalue weighted by molar-refractivity contribution is 7.99. The molecule has 1 unspecified atom stereocenters. The SMILES string of the molecule is CC(CNC1CCCC1)Sc1ncco1. The van der Waals surface area contributed by atoms with Gasteiger partial charge in [0.15, 0.2) is 0 Å². The fraction of sp³-hybridized carbons (Fsp3) is 0.727. The second kappa shape index (κ2) is 5.56. The Morgan fingerprint density at radius 1 is 1.60 bits per heavy atom. The second-order valence-electron chi connectivity index (χ2n) is 4.12. The van der Waals surface area contributed by atoms with Crippen molar-refractivity contribution in [2.45, 2.75) is 49.1 Å². The smallest absolute Gasteiger partial charge is 0.255 e. The lowest BCUT2D eigenvalue weighted by molar-refractivity contribution is 0.452.